The van der Waals surface area contributed by atoms with Gasteiger partial charge in [0.25, 0.3) is 0 Å². The van der Waals surface area contributed by atoms with E-state index in [-0.39, 0.29) is 53.6 Å². The first-order valence-corrected chi connectivity index (χ1v) is 16.7. The van der Waals surface area contributed by atoms with E-state index in [1.54, 1.807) is 12.1 Å². The maximum atomic E-state index is 13.0. The highest BCUT2D eigenvalue weighted by Gasteiger charge is 2.35. The number of halogens is 7. The Morgan fingerprint density at radius 1 is 0.776 bits per heavy atom. The molecule has 2 aliphatic rings. The Kier molecular flexibility index (Phi) is 16.5. The molecule has 49 heavy (non-hydrogen) atoms. The highest BCUT2D eigenvalue weighted by molar-refractivity contribution is 9.09. The van der Waals surface area contributed by atoms with E-state index in [4.69, 9.17) is 15.3 Å². The first kappa shape index (κ1) is 41.5. The van der Waals surface area contributed by atoms with Crippen molar-refractivity contribution in [1.29, 1.82) is 10.5 Å². The number of ether oxygens (including phenoxy) is 1. The molecule has 0 spiro atoms. The number of hydrogen-bond donors (Lipinski definition) is 3. The van der Waals surface area contributed by atoms with Gasteiger partial charge in [-0.15, -0.1) is 0 Å². The zero-order valence-electron chi connectivity index (χ0n) is 27.1. The van der Waals surface area contributed by atoms with Crippen LogP contribution in [-0.2, 0) is 26.7 Å². The second-order valence-electron chi connectivity index (χ2n) is 11.9. The van der Waals surface area contributed by atoms with Crippen molar-refractivity contribution in [3.05, 3.63) is 58.7 Å². The van der Waals surface area contributed by atoms with Crippen molar-refractivity contribution in [2.45, 2.75) is 102 Å². The van der Waals surface area contributed by atoms with Crippen molar-refractivity contribution in [3.8, 4) is 12.1 Å². The molecule has 2 aromatic carbocycles. The average molecular weight is 762 g/mol. The number of ketones is 2. The van der Waals surface area contributed by atoms with Crippen LogP contribution in [0.15, 0.2) is 36.4 Å². The molecule has 2 fully saturated rings. The largest absolute Gasteiger partial charge is 0.417 e. The molecule has 3 N–H and O–H groups in total. The van der Waals surface area contributed by atoms with Crippen LogP contribution in [0, 0.1) is 22.7 Å². The van der Waals surface area contributed by atoms with Crippen LogP contribution in [-0.4, -0.2) is 52.9 Å². The van der Waals surface area contributed by atoms with Gasteiger partial charge >= 0.3 is 12.4 Å². The second-order valence-corrected chi connectivity index (χ2v) is 12.4. The van der Waals surface area contributed by atoms with Gasteiger partial charge in [-0.05, 0) is 102 Å². The van der Waals surface area contributed by atoms with Crippen LogP contribution in [0.1, 0.15) is 87.5 Å². The van der Waals surface area contributed by atoms with Gasteiger partial charge in [0.2, 0.25) is 0 Å². The molecule has 0 atom stereocenters. The third kappa shape index (κ3) is 14.8. The van der Waals surface area contributed by atoms with Crippen LogP contribution in [0.2, 0.25) is 0 Å². The van der Waals surface area contributed by atoms with E-state index >= 15 is 0 Å². The zero-order valence-corrected chi connectivity index (χ0v) is 28.6. The van der Waals surface area contributed by atoms with E-state index in [1.807, 2.05) is 0 Å². The van der Waals surface area contributed by atoms with Crippen LogP contribution >= 0.6 is 15.9 Å². The molecule has 8 nitrogen and oxygen atoms in total. The number of rotatable bonds is 8. The van der Waals surface area contributed by atoms with Gasteiger partial charge in [-0.2, -0.15) is 36.9 Å². The maximum Gasteiger partial charge on any atom is 0.417 e. The van der Waals surface area contributed by atoms with Gasteiger partial charge in [-0.25, -0.2) is 0 Å². The van der Waals surface area contributed by atoms with E-state index in [0.29, 0.717) is 29.5 Å². The number of benzene rings is 2. The third-order valence-electron chi connectivity index (χ3n) is 7.71. The van der Waals surface area contributed by atoms with Crippen LogP contribution < -0.4 is 10.6 Å². The standard InChI is InChI=1S/C17H19F3N2O2.C14H15F3N2O.C3H5BrO/c1-11(23)10-24-15-6-4-13(5-7-15)22-14-3-2-12(9-21)16(8-14)17(18,19)20;15-14(16,17)13-7-11(2-1-9(13)8-18)19-10-3-5-12(20)6-4-10;1-3(5)2-4/h2-3,8,13,15,22H,4-7,10H2,1H3;1-2,7,10,12,19-20H,3-6H2;2H2,1H3. The lowest BCUT2D eigenvalue weighted by Crippen LogP contribution is -2.30. The quantitative estimate of drug-likeness (QED) is 0.181. The summed E-state index contributed by atoms with van der Waals surface area (Å²) >= 11 is 2.96. The summed E-state index contributed by atoms with van der Waals surface area (Å²) < 4.78 is 82.9. The number of anilines is 2. The molecule has 0 radical (unpaired) electrons. The third-order valence-corrected chi connectivity index (χ3v) is 8.50. The molecule has 268 valence electrons. The Balaban J connectivity index is 0.000000303. The van der Waals surface area contributed by atoms with Gasteiger partial charge in [0, 0.05) is 23.5 Å². The fraction of sp³-hybridized carbons (Fsp3) is 0.529. The maximum absolute atomic E-state index is 13.0. The number of aliphatic hydroxyl groups is 1. The van der Waals surface area contributed by atoms with Crippen molar-refractivity contribution in [2.75, 3.05) is 22.6 Å². The van der Waals surface area contributed by atoms with Gasteiger partial charge in [0.15, 0.2) is 5.78 Å². The first-order valence-electron chi connectivity index (χ1n) is 15.6. The topological polar surface area (TPSA) is 135 Å². The molecule has 0 amide bonds. The van der Waals surface area contributed by atoms with Crippen molar-refractivity contribution in [2.24, 2.45) is 0 Å². The van der Waals surface area contributed by atoms with Crippen molar-refractivity contribution < 1.29 is 45.8 Å². The molecule has 0 aromatic heterocycles. The van der Waals surface area contributed by atoms with Crippen LogP contribution in [0.5, 0.6) is 0 Å². The summed E-state index contributed by atoms with van der Waals surface area (Å²) in [5.41, 5.74) is -1.88. The normalized spacial score (nSPS) is 20.6. The highest BCUT2D eigenvalue weighted by Crippen LogP contribution is 2.35. The lowest BCUT2D eigenvalue weighted by molar-refractivity contribution is -0.138. The molecule has 0 unspecified atom stereocenters. The molecule has 15 heteroatoms. The minimum absolute atomic E-state index is 0.0208. The number of aliphatic hydroxyl groups excluding tert-OH is 1. The molecule has 0 aliphatic heterocycles. The van der Waals surface area contributed by atoms with Crippen molar-refractivity contribution >= 4 is 38.9 Å². The number of nitrogens with one attached hydrogen (secondary N) is 2. The molecule has 0 saturated heterocycles. The summed E-state index contributed by atoms with van der Waals surface area (Å²) in [5.74, 6) is 0.150. The fourth-order valence-electron chi connectivity index (χ4n) is 5.23. The molecule has 0 heterocycles. The molecule has 2 aliphatic carbocycles. The lowest BCUT2D eigenvalue weighted by atomic mass is 9.92. The molecule has 0 bridgehead atoms. The van der Waals surface area contributed by atoms with Gasteiger partial charge < -0.3 is 20.5 Å². The SMILES string of the molecule is CC(=O)CBr.CC(=O)COC1CCC(Nc2ccc(C#N)c(C(F)(F)F)c2)CC1.N#Cc1ccc(NC2CCC(O)CC2)cc1C(F)(F)F. The molecular formula is C34H39BrF6N4O4. The monoisotopic (exact) mass is 760 g/mol. The summed E-state index contributed by atoms with van der Waals surface area (Å²) in [5, 5.41) is 33.6. The Bertz CT molecular complexity index is 1470. The molecular weight excluding hydrogens is 722 g/mol. The first-order chi connectivity index (χ1) is 23.0. The summed E-state index contributed by atoms with van der Waals surface area (Å²) in [6.45, 7) is 3.11. The number of nitriles is 2. The van der Waals surface area contributed by atoms with E-state index in [9.17, 15) is 41.0 Å². The smallest absolute Gasteiger partial charge is 0.393 e. The number of hydrogen-bond acceptors (Lipinski definition) is 8. The summed E-state index contributed by atoms with van der Waals surface area (Å²) in [6, 6.07) is 10.5. The number of alkyl halides is 7. The predicted molar refractivity (Wildman–Crippen MR) is 175 cm³/mol. The van der Waals surface area contributed by atoms with E-state index < -0.39 is 23.5 Å². The Hall–Kier alpha value is -3.66. The Morgan fingerprint density at radius 2 is 1.16 bits per heavy atom. The predicted octanol–water partition coefficient (Wildman–Crippen LogP) is 8.17. The minimum atomic E-state index is -4.55. The van der Waals surface area contributed by atoms with E-state index in [1.165, 1.54) is 38.1 Å². The van der Waals surface area contributed by atoms with Crippen LogP contribution in [0.25, 0.3) is 0 Å². The molecule has 2 saturated carbocycles. The van der Waals surface area contributed by atoms with Crippen molar-refractivity contribution in [3.63, 3.8) is 0 Å². The van der Waals surface area contributed by atoms with Gasteiger partial charge in [0.05, 0.1) is 51.9 Å². The fourth-order valence-corrected chi connectivity index (χ4v) is 5.23. The van der Waals surface area contributed by atoms with Crippen LogP contribution in [0.4, 0.5) is 37.7 Å². The van der Waals surface area contributed by atoms with Crippen LogP contribution in [0.3, 0.4) is 0 Å². The zero-order chi connectivity index (χ0) is 36.8. The Morgan fingerprint density at radius 3 is 1.49 bits per heavy atom. The summed E-state index contributed by atoms with van der Waals surface area (Å²) in [6.07, 6.45) is -3.59. The van der Waals surface area contributed by atoms with Gasteiger partial charge in [-0.3, -0.25) is 9.59 Å². The molecule has 4 rings (SSSR count). The highest BCUT2D eigenvalue weighted by atomic mass is 79.9. The number of carbonyl (C=O) groups excluding carboxylic acids is 2. The number of Topliss-reactive ketones (excluding diaryl/α,β-unsaturated/α-hetero) is 2. The second kappa shape index (κ2) is 19.5. The molecule has 2 aromatic rings. The Labute approximate surface area is 289 Å². The average Bonchev–Trinajstić information content (AvgIpc) is 3.05. The van der Waals surface area contributed by atoms with E-state index in [2.05, 4.69) is 26.6 Å². The van der Waals surface area contributed by atoms with E-state index in [0.717, 1.165) is 50.7 Å². The number of nitrogens with zero attached hydrogens (tertiary/aromatic N) is 2. The lowest BCUT2D eigenvalue weighted by Gasteiger charge is -2.29. The summed E-state index contributed by atoms with van der Waals surface area (Å²) in [4.78, 5) is 20.7. The van der Waals surface area contributed by atoms with Gasteiger partial charge in [0.1, 0.15) is 12.4 Å². The number of carbonyl (C=O) groups is 2. The van der Waals surface area contributed by atoms with Crippen molar-refractivity contribution in [1.82, 2.24) is 0 Å². The minimum Gasteiger partial charge on any atom is -0.393 e. The van der Waals surface area contributed by atoms with Gasteiger partial charge in [-0.1, -0.05) is 15.9 Å². The summed E-state index contributed by atoms with van der Waals surface area (Å²) in [7, 11) is 0.